The van der Waals surface area contributed by atoms with Crippen molar-refractivity contribution in [2.75, 3.05) is 13.1 Å². The fraction of sp³-hybridized carbons (Fsp3) is 0.320. The Kier molecular flexibility index (Phi) is 4.48. The molecule has 1 aliphatic carbocycles. The van der Waals surface area contributed by atoms with Gasteiger partial charge in [-0.15, -0.1) is 0 Å². The number of H-pyrrole nitrogens is 2. The molecule has 1 aliphatic heterocycles. The van der Waals surface area contributed by atoms with Crippen LogP contribution in [0.4, 0.5) is 0 Å². The van der Waals surface area contributed by atoms with Crippen molar-refractivity contribution in [1.29, 1.82) is 0 Å². The van der Waals surface area contributed by atoms with Crippen LogP contribution in [0.5, 0.6) is 0 Å². The molecule has 7 heteroatoms. The van der Waals surface area contributed by atoms with Gasteiger partial charge in [0.15, 0.2) is 0 Å². The second kappa shape index (κ2) is 7.51. The minimum Gasteiger partial charge on any atom is -0.361 e. The van der Waals surface area contributed by atoms with Crippen molar-refractivity contribution < 1.29 is 4.79 Å². The summed E-state index contributed by atoms with van der Waals surface area (Å²) in [4.78, 5) is 30.2. The number of hydrogen-bond donors (Lipinski definition) is 2. The number of rotatable bonds is 5. The van der Waals surface area contributed by atoms with Gasteiger partial charge in [0.25, 0.3) is 0 Å². The number of benzene rings is 2. The largest absolute Gasteiger partial charge is 0.361 e. The number of nitrogens with zero attached hydrogens (tertiary/aromatic N) is 3. The van der Waals surface area contributed by atoms with Crippen LogP contribution in [0.25, 0.3) is 27.7 Å². The average molecular weight is 428 g/mol. The first-order valence-electron chi connectivity index (χ1n) is 11.3. The summed E-state index contributed by atoms with van der Waals surface area (Å²) in [5, 5.41) is 8.09. The first kappa shape index (κ1) is 19.1. The molecular formula is C25H25N5O2. The van der Waals surface area contributed by atoms with E-state index < -0.39 is 0 Å². The van der Waals surface area contributed by atoms with Gasteiger partial charge in [0.05, 0.1) is 5.69 Å². The van der Waals surface area contributed by atoms with Crippen molar-refractivity contribution >= 4 is 16.8 Å². The average Bonchev–Trinajstić information content (AvgIpc) is 3.19. The van der Waals surface area contributed by atoms with Gasteiger partial charge in [-0.05, 0) is 60.6 Å². The van der Waals surface area contributed by atoms with Crippen LogP contribution in [-0.2, 0) is 11.2 Å². The number of fused-ring (bicyclic) bond motifs is 1. The van der Waals surface area contributed by atoms with E-state index in [1.165, 1.54) is 5.39 Å². The lowest BCUT2D eigenvalue weighted by molar-refractivity contribution is -0.131. The summed E-state index contributed by atoms with van der Waals surface area (Å²) >= 11 is 0. The molecule has 0 bridgehead atoms. The number of aromatic nitrogens is 4. The lowest BCUT2D eigenvalue weighted by atomic mass is 10.0. The molecule has 162 valence electrons. The zero-order chi connectivity index (χ0) is 21.7. The van der Waals surface area contributed by atoms with E-state index in [1.54, 1.807) is 4.57 Å². The highest BCUT2D eigenvalue weighted by Gasteiger charge is 2.36. The molecule has 2 aromatic heterocycles. The normalized spacial score (nSPS) is 18.5. The van der Waals surface area contributed by atoms with Crippen LogP contribution >= 0.6 is 0 Å². The fourth-order valence-electron chi connectivity index (χ4n) is 4.91. The van der Waals surface area contributed by atoms with Crippen molar-refractivity contribution in [1.82, 2.24) is 24.6 Å². The molecule has 1 atom stereocenters. The van der Waals surface area contributed by atoms with Crippen LogP contribution < -0.4 is 5.69 Å². The molecule has 2 aliphatic rings. The van der Waals surface area contributed by atoms with Crippen LogP contribution in [0.2, 0.25) is 0 Å². The summed E-state index contributed by atoms with van der Waals surface area (Å²) in [6, 6.07) is 16.3. The van der Waals surface area contributed by atoms with E-state index in [1.807, 2.05) is 41.4 Å². The standard InChI is InChI=1S/C25H25N5O2/c31-24(18-4-5-18)29-13-11-16(15-29)14-23-27-28-25(32)30(23)19-8-6-17(7-9-19)20-2-1-3-22-21(20)10-12-26-22/h1-3,6-10,12,16,18,26H,4-5,11,13-15H2,(H,28,32). The minimum atomic E-state index is -0.232. The predicted octanol–water partition coefficient (Wildman–Crippen LogP) is 3.51. The van der Waals surface area contributed by atoms with Crippen LogP contribution in [-0.4, -0.2) is 43.6 Å². The molecule has 1 saturated carbocycles. The molecule has 0 radical (unpaired) electrons. The van der Waals surface area contributed by atoms with Gasteiger partial charge < -0.3 is 9.88 Å². The Balaban J connectivity index is 1.24. The second-order valence-electron chi connectivity index (χ2n) is 8.99. The summed E-state index contributed by atoms with van der Waals surface area (Å²) in [6.07, 6.45) is 5.65. The molecule has 4 aromatic rings. The first-order chi connectivity index (χ1) is 15.7. The van der Waals surface area contributed by atoms with Crippen LogP contribution in [0.3, 0.4) is 0 Å². The van der Waals surface area contributed by atoms with E-state index in [-0.39, 0.29) is 11.6 Å². The van der Waals surface area contributed by atoms with Gasteiger partial charge in [0.2, 0.25) is 5.91 Å². The van der Waals surface area contributed by atoms with E-state index >= 15 is 0 Å². The number of hydrogen-bond acceptors (Lipinski definition) is 3. The Morgan fingerprint density at radius 1 is 1.06 bits per heavy atom. The smallest absolute Gasteiger partial charge is 0.347 e. The SMILES string of the molecule is O=C(C1CC1)N1CCC(Cc2n[nH]c(=O)n2-c2ccc(-c3cccc4[nH]ccc34)cc2)C1. The molecule has 32 heavy (non-hydrogen) atoms. The third-order valence-electron chi connectivity index (χ3n) is 6.77. The minimum absolute atomic E-state index is 0.232. The van der Waals surface area contributed by atoms with Crippen LogP contribution in [0, 0.1) is 11.8 Å². The van der Waals surface area contributed by atoms with Gasteiger partial charge in [-0.25, -0.2) is 14.5 Å². The highest BCUT2D eigenvalue weighted by atomic mass is 16.2. The Labute approximate surface area is 185 Å². The number of carbonyl (C=O) groups excluding carboxylic acids is 1. The molecule has 2 aromatic carbocycles. The maximum atomic E-state index is 12.6. The Hall–Kier alpha value is -3.61. The van der Waals surface area contributed by atoms with E-state index in [4.69, 9.17) is 0 Å². The molecule has 1 unspecified atom stereocenters. The van der Waals surface area contributed by atoms with Crippen LogP contribution in [0.15, 0.2) is 59.5 Å². The zero-order valence-electron chi connectivity index (χ0n) is 17.8. The van der Waals surface area contributed by atoms with E-state index in [0.29, 0.717) is 18.2 Å². The predicted molar refractivity (Wildman–Crippen MR) is 123 cm³/mol. The summed E-state index contributed by atoms with van der Waals surface area (Å²) < 4.78 is 1.66. The third kappa shape index (κ3) is 3.34. The number of carbonyl (C=O) groups is 1. The van der Waals surface area contributed by atoms with Crippen molar-refractivity contribution in [3.8, 4) is 16.8 Å². The molecule has 3 heterocycles. The molecule has 0 spiro atoms. The lowest BCUT2D eigenvalue weighted by Crippen LogP contribution is -2.30. The topological polar surface area (TPSA) is 86.8 Å². The number of nitrogens with one attached hydrogen (secondary N) is 2. The van der Waals surface area contributed by atoms with Crippen LogP contribution in [0.1, 0.15) is 25.1 Å². The summed E-state index contributed by atoms with van der Waals surface area (Å²) in [5.41, 5.74) is 3.92. The Morgan fingerprint density at radius 3 is 2.72 bits per heavy atom. The third-order valence-corrected chi connectivity index (χ3v) is 6.77. The summed E-state index contributed by atoms with van der Waals surface area (Å²) in [6.45, 7) is 1.57. The van der Waals surface area contributed by atoms with Gasteiger partial charge in [-0.2, -0.15) is 5.10 Å². The van der Waals surface area contributed by atoms with Gasteiger partial charge in [-0.1, -0.05) is 24.3 Å². The highest BCUT2D eigenvalue weighted by molar-refractivity contribution is 5.95. The van der Waals surface area contributed by atoms with E-state index in [9.17, 15) is 9.59 Å². The van der Waals surface area contributed by atoms with Crippen molar-refractivity contribution in [3.63, 3.8) is 0 Å². The molecule has 1 amide bonds. The first-order valence-corrected chi connectivity index (χ1v) is 11.3. The van der Waals surface area contributed by atoms with Crippen molar-refractivity contribution in [3.05, 3.63) is 71.0 Å². The quantitative estimate of drug-likeness (QED) is 0.511. The lowest BCUT2D eigenvalue weighted by Gasteiger charge is -2.16. The highest BCUT2D eigenvalue weighted by Crippen LogP contribution is 2.33. The monoisotopic (exact) mass is 427 g/mol. The van der Waals surface area contributed by atoms with Gasteiger partial charge in [-0.3, -0.25) is 4.79 Å². The summed E-state index contributed by atoms with van der Waals surface area (Å²) in [7, 11) is 0. The maximum Gasteiger partial charge on any atom is 0.347 e. The molecule has 6 rings (SSSR count). The van der Waals surface area contributed by atoms with Crippen molar-refractivity contribution in [2.45, 2.75) is 25.7 Å². The van der Waals surface area contributed by atoms with E-state index in [0.717, 1.165) is 60.5 Å². The Morgan fingerprint density at radius 2 is 1.91 bits per heavy atom. The number of likely N-dealkylation sites (tertiary alicyclic amines) is 1. The molecule has 2 fully saturated rings. The molecule has 2 N–H and O–H groups in total. The fourth-order valence-corrected chi connectivity index (χ4v) is 4.91. The molecular weight excluding hydrogens is 402 g/mol. The van der Waals surface area contributed by atoms with Gasteiger partial charge in [0, 0.05) is 42.5 Å². The van der Waals surface area contributed by atoms with Crippen molar-refractivity contribution in [2.24, 2.45) is 11.8 Å². The maximum absolute atomic E-state index is 12.6. The Bertz CT molecular complexity index is 1340. The summed E-state index contributed by atoms with van der Waals surface area (Å²) in [5.74, 6) is 1.62. The molecule has 1 saturated heterocycles. The molecule has 7 nitrogen and oxygen atoms in total. The second-order valence-corrected chi connectivity index (χ2v) is 8.99. The number of amides is 1. The van der Waals surface area contributed by atoms with Gasteiger partial charge >= 0.3 is 5.69 Å². The number of aromatic amines is 2. The van der Waals surface area contributed by atoms with E-state index in [2.05, 4.69) is 33.4 Å². The van der Waals surface area contributed by atoms with Gasteiger partial charge in [0.1, 0.15) is 5.82 Å². The zero-order valence-corrected chi connectivity index (χ0v) is 17.8.